The number of Topliss-reactive ketones (excluding diaryl/α,β-unsaturated/α-hetero) is 1. The Labute approximate surface area is 121 Å². The monoisotopic (exact) mass is 326 g/mol. The number of carbonyl (C=O) groups is 2. The van der Waals surface area contributed by atoms with Crippen molar-refractivity contribution in [3.63, 3.8) is 0 Å². The lowest BCUT2D eigenvalue weighted by molar-refractivity contribution is -0.274. The van der Waals surface area contributed by atoms with Gasteiger partial charge in [0.1, 0.15) is 5.75 Å². The highest BCUT2D eigenvalue weighted by Gasteiger charge is 2.34. The third kappa shape index (κ3) is 4.61. The summed E-state index contributed by atoms with van der Waals surface area (Å²) in [7, 11) is 0. The first-order valence-electron chi connectivity index (χ1n) is 5.56. The zero-order valence-electron chi connectivity index (χ0n) is 10.4. The average Bonchev–Trinajstić information content (AvgIpc) is 2.35. The van der Waals surface area contributed by atoms with Crippen LogP contribution in [0.15, 0.2) is 18.2 Å². The number of hydrogen-bond donors (Lipinski definition) is 2. The van der Waals surface area contributed by atoms with Crippen LogP contribution in [0.25, 0.3) is 0 Å². The molecule has 0 aromatic heterocycles. The first-order valence-corrected chi connectivity index (χ1v) is 6.09. The molecule has 9 heteroatoms. The number of alkyl halides is 4. The van der Waals surface area contributed by atoms with Gasteiger partial charge in [0, 0.05) is 17.9 Å². The summed E-state index contributed by atoms with van der Waals surface area (Å²) in [6, 6.07) is 2.93. The second-order valence-corrected chi connectivity index (χ2v) is 4.25. The van der Waals surface area contributed by atoms with Gasteiger partial charge in [-0.25, -0.2) is 4.79 Å². The molecule has 0 aliphatic heterocycles. The van der Waals surface area contributed by atoms with E-state index in [0.29, 0.717) is 0 Å². The fourth-order valence-electron chi connectivity index (χ4n) is 1.63. The number of rotatable bonds is 6. The molecule has 1 unspecified atom stereocenters. The second kappa shape index (κ2) is 6.77. The molecule has 0 spiro atoms. The second-order valence-electron chi connectivity index (χ2n) is 3.87. The number of aliphatic carboxylic acids is 1. The molecule has 1 rings (SSSR count). The van der Waals surface area contributed by atoms with E-state index in [0.717, 1.165) is 18.2 Å². The fourth-order valence-corrected chi connectivity index (χ4v) is 1.80. The summed E-state index contributed by atoms with van der Waals surface area (Å²) in [6.07, 6.45) is -7.56. The molecular formula is C12H10ClF3O5. The van der Waals surface area contributed by atoms with E-state index in [9.17, 15) is 27.9 Å². The van der Waals surface area contributed by atoms with Crippen molar-refractivity contribution in [1.29, 1.82) is 0 Å². The normalized spacial score (nSPS) is 12.8. The number of carboxylic acid groups (broad SMARTS) is 1. The molecule has 116 valence electrons. The summed E-state index contributed by atoms with van der Waals surface area (Å²) in [5, 5.41) is 18.2. The molecule has 1 aromatic carbocycles. The molecule has 1 atom stereocenters. The van der Waals surface area contributed by atoms with Crippen molar-refractivity contribution in [2.75, 3.05) is 5.88 Å². The molecule has 5 nitrogen and oxygen atoms in total. The van der Waals surface area contributed by atoms with Gasteiger partial charge in [-0.05, 0) is 6.07 Å². The minimum atomic E-state index is -5.07. The molecule has 0 aliphatic carbocycles. The third-order valence-electron chi connectivity index (χ3n) is 2.41. The van der Waals surface area contributed by atoms with Crippen molar-refractivity contribution < 1.29 is 37.7 Å². The zero-order chi connectivity index (χ0) is 16.2. The number of benzene rings is 1. The number of ether oxygens (including phenoxy) is 1. The summed E-state index contributed by atoms with van der Waals surface area (Å²) in [4.78, 5) is 22.6. The predicted octanol–water partition coefficient (Wildman–Crippen LogP) is 2.51. The van der Waals surface area contributed by atoms with Gasteiger partial charge in [0.15, 0.2) is 11.9 Å². The van der Waals surface area contributed by atoms with Crippen LogP contribution in [0, 0.1) is 0 Å². The Balaban J connectivity index is 3.40. The summed E-state index contributed by atoms with van der Waals surface area (Å²) >= 11 is 5.36. The maximum atomic E-state index is 12.3. The number of halogens is 4. The standard InChI is InChI=1S/C12H10ClF3O5/c13-5-4-7(17)9-6(10(18)11(19)20)2-1-3-8(9)21-12(14,15)16/h1-3,10,18H,4-5H2,(H,19,20). The summed E-state index contributed by atoms with van der Waals surface area (Å²) < 4.78 is 40.7. The van der Waals surface area contributed by atoms with Crippen molar-refractivity contribution in [2.45, 2.75) is 18.9 Å². The molecule has 0 radical (unpaired) electrons. The van der Waals surface area contributed by atoms with Crippen molar-refractivity contribution >= 4 is 23.4 Å². The smallest absolute Gasteiger partial charge is 0.479 e. The number of carbonyl (C=O) groups excluding carboxylic acids is 1. The lowest BCUT2D eigenvalue weighted by Gasteiger charge is -2.17. The molecule has 0 saturated carbocycles. The van der Waals surface area contributed by atoms with Crippen molar-refractivity contribution in [2.24, 2.45) is 0 Å². The van der Waals surface area contributed by atoms with Crippen LogP contribution in [-0.2, 0) is 4.79 Å². The van der Waals surface area contributed by atoms with Crippen LogP contribution in [0.4, 0.5) is 13.2 Å². The SMILES string of the molecule is O=C(CCCl)c1c(OC(F)(F)F)cccc1C(O)C(=O)O. The maximum absolute atomic E-state index is 12.3. The van der Waals surface area contributed by atoms with Crippen LogP contribution in [0.2, 0.25) is 0 Å². The zero-order valence-corrected chi connectivity index (χ0v) is 11.1. The van der Waals surface area contributed by atoms with Crippen LogP contribution in [0.1, 0.15) is 28.4 Å². The molecule has 1 aromatic rings. The first-order chi connectivity index (χ1) is 9.67. The van der Waals surface area contributed by atoms with Gasteiger partial charge in [0.2, 0.25) is 0 Å². The Bertz CT molecular complexity index is 544. The van der Waals surface area contributed by atoms with E-state index in [1.165, 1.54) is 0 Å². The molecule has 0 aliphatic rings. The van der Waals surface area contributed by atoms with Crippen molar-refractivity contribution in [1.82, 2.24) is 0 Å². The largest absolute Gasteiger partial charge is 0.573 e. The minimum absolute atomic E-state index is 0.179. The van der Waals surface area contributed by atoms with E-state index in [1.54, 1.807) is 0 Å². The molecule has 2 N–H and O–H groups in total. The van der Waals surface area contributed by atoms with Gasteiger partial charge in [-0.15, -0.1) is 24.8 Å². The number of aliphatic hydroxyl groups is 1. The summed E-state index contributed by atoms with van der Waals surface area (Å²) in [5.41, 5.74) is -1.13. The topological polar surface area (TPSA) is 83.8 Å². The highest BCUT2D eigenvalue weighted by atomic mass is 35.5. The van der Waals surface area contributed by atoms with Crippen LogP contribution in [0.5, 0.6) is 5.75 Å². The van der Waals surface area contributed by atoms with Gasteiger partial charge in [0.05, 0.1) is 5.56 Å². The molecule has 0 amide bonds. The number of carboxylic acids is 1. The molecule has 0 heterocycles. The van der Waals surface area contributed by atoms with Crippen LogP contribution in [0.3, 0.4) is 0 Å². The van der Waals surface area contributed by atoms with Crippen LogP contribution < -0.4 is 4.74 Å². The van der Waals surface area contributed by atoms with E-state index in [4.69, 9.17) is 16.7 Å². The van der Waals surface area contributed by atoms with E-state index in [1.807, 2.05) is 0 Å². The van der Waals surface area contributed by atoms with Gasteiger partial charge in [-0.2, -0.15) is 0 Å². The van der Waals surface area contributed by atoms with Crippen LogP contribution in [-0.4, -0.2) is 34.2 Å². The number of aliphatic hydroxyl groups excluding tert-OH is 1. The highest BCUT2D eigenvalue weighted by molar-refractivity contribution is 6.19. The third-order valence-corrected chi connectivity index (χ3v) is 2.60. The summed E-state index contributed by atoms with van der Waals surface area (Å²) in [5.74, 6) is -3.63. The van der Waals surface area contributed by atoms with E-state index >= 15 is 0 Å². The van der Waals surface area contributed by atoms with Gasteiger partial charge in [0.25, 0.3) is 0 Å². The first kappa shape index (κ1) is 17.3. The fraction of sp³-hybridized carbons (Fsp3) is 0.333. The van der Waals surface area contributed by atoms with Crippen LogP contribution >= 0.6 is 11.6 Å². The van der Waals surface area contributed by atoms with E-state index < -0.39 is 41.1 Å². The Hall–Kier alpha value is -1.80. The average molecular weight is 327 g/mol. The number of hydrogen-bond acceptors (Lipinski definition) is 4. The molecule has 0 fully saturated rings. The van der Waals surface area contributed by atoms with E-state index in [2.05, 4.69) is 4.74 Å². The molecule has 0 bridgehead atoms. The molecular weight excluding hydrogens is 317 g/mol. The van der Waals surface area contributed by atoms with Crippen molar-refractivity contribution in [3.8, 4) is 5.75 Å². The lowest BCUT2D eigenvalue weighted by Crippen LogP contribution is -2.21. The van der Waals surface area contributed by atoms with Gasteiger partial charge in [-0.3, -0.25) is 4.79 Å². The van der Waals surface area contributed by atoms with Crippen molar-refractivity contribution in [3.05, 3.63) is 29.3 Å². The molecule has 0 saturated heterocycles. The predicted molar refractivity (Wildman–Crippen MR) is 65.4 cm³/mol. The quantitative estimate of drug-likeness (QED) is 0.620. The molecule has 21 heavy (non-hydrogen) atoms. The Morgan fingerprint density at radius 3 is 2.43 bits per heavy atom. The summed E-state index contributed by atoms with van der Waals surface area (Å²) in [6.45, 7) is 0. The number of ketones is 1. The Morgan fingerprint density at radius 1 is 1.33 bits per heavy atom. The van der Waals surface area contributed by atoms with E-state index in [-0.39, 0.29) is 12.3 Å². The lowest BCUT2D eigenvalue weighted by atomic mass is 9.97. The van der Waals surface area contributed by atoms with Gasteiger partial charge < -0.3 is 14.9 Å². The van der Waals surface area contributed by atoms with Gasteiger partial charge in [-0.1, -0.05) is 12.1 Å². The minimum Gasteiger partial charge on any atom is -0.479 e. The van der Waals surface area contributed by atoms with Gasteiger partial charge >= 0.3 is 12.3 Å². The maximum Gasteiger partial charge on any atom is 0.573 e. The Morgan fingerprint density at radius 2 is 1.95 bits per heavy atom. The highest BCUT2D eigenvalue weighted by Crippen LogP contribution is 2.32. The Kier molecular flexibility index (Phi) is 5.56.